The molecule has 8 nitrogen and oxygen atoms in total. The van der Waals surface area contributed by atoms with Crippen molar-refractivity contribution in [1.29, 1.82) is 0 Å². The average Bonchev–Trinajstić information content (AvgIpc) is 3.49. The Morgan fingerprint density at radius 2 is 1.94 bits per heavy atom. The van der Waals surface area contributed by atoms with E-state index in [0.29, 0.717) is 47.7 Å². The number of nitrogens with zero attached hydrogens (tertiary/aromatic N) is 5. The van der Waals surface area contributed by atoms with Crippen molar-refractivity contribution >= 4 is 33.8 Å². The number of thiazole rings is 1. The second-order valence-corrected chi connectivity index (χ2v) is 8.84. The molecule has 4 heterocycles. The number of amides is 1. The Kier molecular flexibility index (Phi) is 5.17. The highest BCUT2D eigenvalue weighted by molar-refractivity contribution is 7.17. The molecule has 0 bridgehead atoms. The first-order chi connectivity index (χ1) is 15.0. The molecular formula is C21H20ClN5O3S. The smallest absolute Gasteiger partial charge is 0.230 e. The molecule has 4 aromatic rings. The largest absolute Gasteiger partial charge is 0.492 e. The zero-order valence-electron chi connectivity index (χ0n) is 16.7. The highest BCUT2D eigenvalue weighted by Crippen LogP contribution is 2.41. The first-order valence-electron chi connectivity index (χ1n) is 9.88. The van der Waals surface area contributed by atoms with E-state index < -0.39 is 0 Å². The zero-order chi connectivity index (χ0) is 21.5. The van der Waals surface area contributed by atoms with Crippen molar-refractivity contribution in [2.45, 2.75) is 13.0 Å². The van der Waals surface area contributed by atoms with Crippen LogP contribution in [0.15, 0.2) is 47.1 Å². The van der Waals surface area contributed by atoms with E-state index in [1.165, 1.54) is 15.9 Å². The highest BCUT2D eigenvalue weighted by Gasteiger charge is 2.32. The maximum absolute atomic E-state index is 11.7. The molecule has 0 saturated carbocycles. The summed E-state index contributed by atoms with van der Waals surface area (Å²) in [5, 5.41) is 16.2. The summed E-state index contributed by atoms with van der Waals surface area (Å²) in [5.41, 5.74) is 1.01. The monoisotopic (exact) mass is 457 g/mol. The van der Waals surface area contributed by atoms with Crippen LogP contribution in [-0.2, 0) is 4.79 Å². The molecule has 1 amide bonds. The van der Waals surface area contributed by atoms with Gasteiger partial charge in [0.15, 0.2) is 5.76 Å². The third kappa shape index (κ3) is 3.69. The molecule has 31 heavy (non-hydrogen) atoms. The fourth-order valence-corrected chi connectivity index (χ4v) is 5.15. The van der Waals surface area contributed by atoms with Gasteiger partial charge >= 0.3 is 0 Å². The maximum Gasteiger partial charge on any atom is 0.230 e. The molecule has 3 aromatic heterocycles. The number of piperazine rings is 1. The molecule has 1 N–H and O–H groups in total. The lowest BCUT2D eigenvalue weighted by molar-refractivity contribution is -0.130. The van der Waals surface area contributed by atoms with Gasteiger partial charge in [0.2, 0.25) is 22.6 Å². The zero-order valence-corrected chi connectivity index (χ0v) is 18.3. The Hall–Kier alpha value is -2.88. The van der Waals surface area contributed by atoms with Crippen LogP contribution in [0.1, 0.15) is 23.4 Å². The molecular weight excluding hydrogens is 438 g/mol. The van der Waals surface area contributed by atoms with E-state index in [-0.39, 0.29) is 17.8 Å². The molecule has 1 aliphatic heterocycles. The molecule has 0 radical (unpaired) electrons. The first-order valence-corrected chi connectivity index (χ1v) is 11.1. The van der Waals surface area contributed by atoms with Crippen LogP contribution in [0, 0.1) is 0 Å². The second-order valence-electron chi connectivity index (χ2n) is 7.39. The Morgan fingerprint density at radius 1 is 1.19 bits per heavy atom. The summed E-state index contributed by atoms with van der Waals surface area (Å²) in [7, 11) is 0. The van der Waals surface area contributed by atoms with E-state index in [9.17, 15) is 9.90 Å². The normalized spacial score (nSPS) is 16.1. The first kappa shape index (κ1) is 20.0. The van der Waals surface area contributed by atoms with E-state index in [1.807, 2.05) is 29.2 Å². The molecule has 0 aliphatic carbocycles. The predicted molar refractivity (Wildman–Crippen MR) is 117 cm³/mol. The van der Waals surface area contributed by atoms with Gasteiger partial charge in [-0.1, -0.05) is 35.1 Å². The molecule has 1 aliphatic rings. The third-order valence-electron chi connectivity index (χ3n) is 5.50. The summed E-state index contributed by atoms with van der Waals surface area (Å²) in [6.45, 7) is 4.26. The number of benzene rings is 1. The molecule has 10 heteroatoms. The lowest BCUT2D eigenvalue weighted by Crippen LogP contribution is -2.49. The standard InChI is InChI=1S/C21H20ClN5O3S/c1-13(28)25-8-10-26(11-9-25)17(14-4-6-15(22)7-5-14)18-20(29)27-21(31-18)23-19(24-27)16-3-2-12-30-16/h2-7,12,17,29H,8-11H2,1H3/t17-/m1/s1. The number of furan rings is 1. The summed E-state index contributed by atoms with van der Waals surface area (Å²) >= 11 is 7.50. The number of fused-ring (bicyclic) bond motifs is 1. The predicted octanol–water partition coefficient (Wildman–Crippen LogP) is 3.66. The Morgan fingerprint density at radius 3 is 2.55 bits per heavy atom. The van der Waals surface area contributed by atoms with Crippen molar-refractivity contribution < 1.29 is 14.3 Å². The fourth-order valence-electron chi connectivity index (χ4n) is 3.91. The van der Waals surface area contributed by atoms with Crippen molar-refractivity contribution in [2.75, 3.05) is 26.2 Å². The van der Waals surface area contributed by atoms with Crippen molar-refractivity contribution in [2.24, 2.45) is 0 Å². The number of aromatic hydroxyl groups is 1. The van der Waals surface area contributed by atoms with Gasteiger partial charge in [-0.3, -0.25) is 9.69 Å². The van der Waals surface area contributed by atoms with Gasteiger partial charge in [0.25, 0.3) is 0 Å². The number of halogens is 1. The lowest BCUT2D eigenvalue weighted by atomic mass is 10.0. The quantitative estimate of drug-likeness (QED) is 0.503. The SMILES string of the molecule is CC(=O)N1CCN([C@H](c2ccc(Cl)cc2)c2sc3nc(-c4ccco4)nn3c2O)CC1. The van der Waals surface area contributed by atoms with Gasteiger partial charge in [0.05, 0.1) is 17.2 Å². The Bertz CT molecular complexity index is 1210. The maximum atomic E-state index is 11.7. The van der Waals surface area contributed by atoms with Gasteiger partial charge in [0.1, 0.15) is 0 Å². The van der Waals surface area contributed by atoms with Crippen molar-refractivity contribution in [1.82, 2.24) is 24.4 Å². The van der Waals surface area contributed by atoms with Crippen LogP contribution in [0.25, 0.3) is 16.5 Å². The van der Waals surface area contributed by atoms with Gasteiger partial charge in [0, 0.05) is 38.1 Å². The number of carbonyl (C=O) groups is 1. The van der Waals surface area contributed by atoms with E-state index in [2.05, 4.69) is 15.0 Å². The number of rotatable bonds is 4. The Balaban J connectivity index is 1.54. The highest BCUT2D eigenvalue weighted by atomic mass is 35.5. The van der Waals surface area contributed by atoms with Gasteiger partial charge in [-0.2, -0.15) is 9.50 Å². The number of hydrogen-bond donors (Lipinski definition) is 1. The van der Waals surface area contributed by atoms with Crippen LogP contribution in [0.5, 0.6) is 5.88 Å². The van der Waals surface area contributed by atoms with E-state index in [4.69, 9.17) is 16.0 Å². The summed E-state index contributed by atoms with van der Waals surface area (Å²) in [4.78, 5) is 21.7. The molecule has 1 atom stereocenters. The van der Waals surface area contributed by atoms with Crippen molar-refractivity contribution in [3.8, 4) is 17.5 Å². The van der Waals surface area contributed by atoms with Crippen LogP contribution in [-0.4, -0.2) is 61.6 Å². The third-order valence-corrected chi connectivity index (χ3v) is 6.82. The average molecular weight is 458 g/mol. The number of aromatic nitrogens is 3. The second kappa shape index (κ2) is 7.99. The van der Waals surface area contributed by atoms with Gasteiger partial charge in [-0.05, 0) is 29.8 Å². The van der Waals surface area contributed by atoms with Crippen LogP contribution < -0.4 is 0 Å². The molecule has 5 rings (SSSR count). The molecule has 0 unspecified atom stereocenters. The molecule has 1 saturated heterocycles. The van der Waals surface area contributed by atoms with Crippen LogP contribution in [0.2, 0.25) is 5.02 Å². The van der Waals surface area contributed by atoms with Crippen molar-refractivity contribution in [3.63, 3.8) is 0 Å². The molecule has 160 valence electrons. The van der Waals surface area contributed by atoms with E-state index in [1.54, 1.807) is 25.3 Å². The molecule has 0 spiro atoms. The lowest BCUT2D eigenvalue weighted by Gasteiger charge is -2.38. The Labute approximate surface area is 187 Å². The van der Waals surface area contributed by atoms with Gasteiger partial charge in [-0.25, -0.2) is 0 Å². The topological polar surface area (TPSA) is 87.1 Å². The fraction of sp³-hybridized carbons (Fsp3) is 0.286. The van der Waals surface area contributed by atoms with Crippen LogP contribution >= 0.6 is 22.9 Å². The summed E-state index contributed by atoms with van der Waals surface area (Å²) < 4.78 is 6.82. The van der Waals surface area contributed by atoms with Crippen LogP contribution in [0.4, 0.5) is 0 Å². The van der Waals surface area contributed by atoms with Crippen molar-refractivity contribution in [3.05, 3.63) is 58.1 Å². The minimum Gasteiger partial charge on any atom is -0.492 e. The molecule has 1 aromatic carbocycles. The van der Waals surface area contributed by atoms with Crippen LogP contribution in [0.3, 0.4) is 0 Å². The number of carbonyl (C=O) groups excluding carboxylic acids is 1. The molecule has 1 fully saturated rings. The minimum atomic E-state index is -0.202. The summed E-state index contributed by atoms with van der Waals surface area (Å²) in [6, 6.07) is 11.0. The minimum absolute atomic E-state index is 0.0549. The van der Waals surface area contributed by atoms with E-state index in [0.717, 1.165) is 10.4 Å². The number of hydrogen-bond acceptors (Lipinski definition) is 7. The summed E-state index contributed by atoms with van der Waals surface area (Å²) in [5.74, 6) is 1.11. The van der Waals surface area contributed by atoms with Gasteiger partial charge < -0.3 is 14.4 Å². The van der Waals surface area contributed by atoms with E-state index >= 15 is 0 Å². The van der Waals surface area contributed by atoms with Gasteiger partial charge in [-0.15, -0.1) is 5.10 Å². The summed E-state index contributed by atoms with van der Waals surface area (Å²) in [6.07, 6.45) is 1.56.